The Morgan fingerprint density at radius 3 is 2.31 bits per heavy atom. The average Bonchev–Trinajstić information content (AvgIpc) is 3.26. The fourth-order valence-electron chi connectivity index (χ4n) is 4.33. The fourth-order valence-corrected chi connectivity index (χ4v) is 4.33. The van der Waals surface area contributed by atoms with Crippen LogP contribution in [0.3, 0.4) is 0 Å². The molecule has 2 aromatic carbocycles. The molecule has 0 aliphatic carbocycles. The molecule has 0 unspecified atom stereocenters. The van der Waals surface area contributed by atoms with E-state index in [0.29, 0.717) is 11.4 Å². The molecule has 1 aromatic heterocycles. The topological polar surface area (TPSA) is 51.0 Å². The van der Waals surface area contributed by atoms with Crippen LogP contribution in [0.2, 0.25) is 0 Å². The maximum absolute atomic E-state index is 5.65. The molecule has 1 aliphatic rings. The Morgan fingerprint density at radius 2 is 1.56 bits per heavy atom. The SMILES string of the molecule is COc1ccccc1-c1noc(CCCCN2CCN(Cc3ccccc3)CC2)c1OC. The van der Waals surface area contributed by atoms with E-state index in [1.54, 1.807) is 14.2 Å². The van der Waals surface area contributed by atoms with Crippen LogP contribution in [0.25, 0.3) is 11.3 Å². The number of aryl methyl sites for hydroxylation is 1. The predicted molar refractivity (Wildman–Crippen MR) is 126 cm³/mol. The number of unbranched alkanes of at least 4 members (excludes halogenated alkanes) is 1. The monoisotopic (exact) mass is 435 g/mol. The second-order valence-corrected chi connectivity index (χ2v) is 8.25. The number of para-hydroxylation sites is 1. The van der Waals surface area contributed by atoms with E-state index in [9.17, 15) is 0 Å². The maximum atomic E-state index is 5.65. The van der Waals surface area contributed by atoms with Crippen molar-refractivity contribution in [2.24, 2.45) is 0 Å². The minimum absolute atomic E-state index is 0.703. The Hall–Kier alpha value is -2.83. The number of aromatic nitrogens is 1. The number of hydrogen-bond acceptors (Lipinski definition) is 6. The molecule has 0 radical (unpaired) electrons. The minimum Gasteiger partial charge on any atom is -0.496 e. The molecule has 170 valence electrons. The normalized spacial score (nSPS) is 15.1. The van der Waals surface area contributed by atoms with Crippen LogP contribution in [0.15, 0.2) is 59.1 Å². The molecule has 1 aliphatic heterocycles. The number of piperazine rings is 1. The molecule has 0 N–H and O–H groups in total. The van der Waals surface area contributed by atoms with Gasteiger partial charge in [0, 0.05) is 44.7 Å². The maximum Gasteiger partial charge on any atom is 0.189 e. The van der Waals surface area contributed by atoms with Gasteiger partial charge in [0.2, 0.25) is 0 Å². The van der Waals surface area contributed by atoms with Gasteiger partial charge in [0.1, 0.15) is 5.75 Å². The second kappa shape index (κ2) is 11.2. The molecule has 0 bridgehead atoms. The van der Waals surface area contributed by atoms with Gasteiger partial charge in [-0.15, -0.1) is 0 Å². The van der Waals surface area contributed by atoms with E-state index in [2.05, 4.69) is 45.3 Å². The third kappa shape index (κ3) is 5.50. The molecule has 0 spiro atoms. The zero-order valence-corrected chi connectivity index (χ0v) is 19.1. The molecular weight excluding hydrogens is 402 g/mol. The summed E-state index contributed by atoms with van der Waals surface area (Å²) >= 11 is 0. The Morgan fingerprint density at radius 1 is 0.844 bits per heavy atom. The van der Waals surface area contributed by atoms with Crippen molar-refractivity contribution in [3.05, 3.63) is 65.9 Å². The van der Waals surface area contributed by atoms with Crippen LogP contribution in [0, 0.1) is 0 Å². The Labute approximate surface area is 190 Å². The Bertz CT molecular complexity index is 965. The number of rotatable bonds is 10. The first-order valence-electron chi connectivity index (χ1n) is 11.4. The second-order valence-electron chi connectivity index (χ2n) is 8.25. The average molecular weight is 436 g/mol. The van der Waals surface area contributed by atoms with Gasteiger partial charge in [-0.25, -0.2) is 0 Å². The van der Waals surface area contributed by atoms with Gasteiger partial charge in [-0.1, -0.05) is 47.6 Å². The van der Waals surface area contributed by atoms with E-state index >= 15 is 0 Å². The molecule has 4 rings (SSSR count). The zero-order valence-electron chi connectivity index (χ0n) is 19.1. The summed E-state index contributed by atoms with van der Waals surface area (Å²) in [5.74, 6) is 2.28. The number of benzene rings is 2. The summed E-state index contributed by atoms with van der Waals surface area (Å²) in [6.07, 6.45) is 2.99. The lowest BCUT2D eigenvalue weighted by molar-refractivity contribution is 0.125. The van der Waals surface area contributed by atoms with Crippen LogP contribution in [0.1, 0.15) is 24.2 Å². The van der Waals surface area contributed by atoms with E-state index in [-0.39, 0.29) is 0 Å². The highest BCUT2D eigenvalue weighted by Gasteiger charge is 2.21. The molecule has 3 aromatic rings. The third-order valence-electron chi connectivity index (χ3n) is 6.12. The molecule has 6 nitrogen and oxygen atoms in total. The summed E-state index contributed by atoms with van der Waals surface area (Å²) in [4.78, 5) is 5.12. The molecule has 2 heterocycles. The lowest BCUT2D eigenvalue weighted by Crippen LogP contribution is -2.46. The molecule has 1 saturated heterocycles. The first-order valence-corrected chi connectivity index (χ1v) is 11.4. The summed E-state index contributed by atoms with van der Waals surface area (Å²) in [5, 5.41) is 4.28. The largest absolute Gasteiger partial charge is 0.496 e. The highest BCUT2D eigenvalue weighted by molar-refractivity contribution is 5.72. The molecule has 0 atom stereocenters. The van der Waals surface area contributed by atoms with Crippen LogP contribution in [0.4, 0.5) is 0 Å². The van der Waals surface area contributed by atoms with E-state index < -0.39 is 0 Å². The van der Waals surface area contributed by atoms with Crippen molar-refractivity contribution < 1.29 is 14.0 Å². The Kier molecular flexibility index (Phi) is 7.80. The van der Waals surface area contributed by atoms with Crippen LogP contribution >= 0.6 is 0 Å². The van der Waals surface area contributed by atoms with E-state index in [4.69, 9.17) is 14.0 Å². The lowest BCUT2D eigenvalue weighted by Gasteiger charge is -2.34. The van der Waals surface area contributed by atoms with Crippen molar-refractivity contribution in [3.8, 4) is 22.8 Å². The first kappa shape index (κ1) is 22.4. The van der Waals surface area contributed by atoms with Gasteiger partial charge < -0.3 is 18.9 Å². The number of hydrogen-bond donors (Lipinski definition) is 0. The summed E-state index contributed by atoms with van der Waals surface area (Å²) in [6.45, 7) is 6.70. The molecule has 6 heteroatoms. The summed E-state index contributed by atoms with van der Waals surface area (Å²) < 4.78 is 16.8. The van der Waals surface area contributed by atoms with Crippen LogP contribution in [0.5, 0.6) is 11.5 Å². The third-order valence-corrected chi connectivity index (χ3v) is 6.12. The van der Waals surface area contributed by atoms with Crippen LogP contribution in [-0.4, -0.2) is 61.9 Å². The quantitative estimate of drug-likeness (QED) is 0.437. The van der Waals surface area contributed by atoms with Gasteiger partial charge in [-0.3, -0.25) is 4.90 Å². The van der Waals surface area contributed by atoms with Crippen LogP contribution < -0.4 is 9.47 Å². The van der Waals surface area contributed by atoms with E-state index in [1.807, 2.05) is 24.3 Å². The smallest absolute Gasteiger partial charge is 0.189 e. The molecule has 0 saturated carbocycles. The minimum atomic E-state index is 0.703. The first-order chi connectivity index (χ1) is 15.8. The van der Waals surface area contributed by atoms with Crippen molar-refractivity contribution in [1.29, 1.82) is 0 Å². The van der Waals surface area contributed by atoms with E-state index in [1.165, 1.54) is 5.56 Å². The molecular formula is C26H33N3O3. The van der Waals surface area contributed by atoms with Gasteiger partial charge in [0.05, 0.1) is 14.2 Å². The van der Waals surface area contributed by atoms with Crippen LogP contribution in [-0.2, 0) is 13.0 Å². The van der Waals surface area contributed by atoms with Gasteiger partial charge in [-0.2, -0.15) is 0 Å². The Balaban J connectivity index is 1.23. The number of ether oxygens (including phenoxy) is 2. The summed E-state index contributed by atoms with van der Waals surface area (Å²) in [7, 11) is 3.33. The molecule has 32 heavy (non-hydrogen) atoms. The van der Waals surface area contributed by atoms with Crippen molar-refractivity contribution in [1.82, 2.24) is 15.0 Å². The van der Waals surface area contributed by atoms with Crippen molar-refractivity contribution in [2.45, 2.75) is 25.8 Å². The van der Waals surface area contributed by atoms with E-state index in [0.717, 1.165) is 75.6 Å². The summed E-state index contributed by atoms with van der Waals surface area (Å²) in [5.41, 5.74) is 2.99. The highest BCUT2D eigenvalue weighted by Crippen LogP contribution is 2.38. The highest BCUT2D eigenvalue weighted by atomic mass is 16.5. The number of nitrogens with zero attached hydrogens (tertiary/aromatic N) is 3. The van der Waals surface area contributed by atoms with Crippen molar-refractivity contribution >= 4 is 0 Å². The van der Waals surface area contributed by atoms with Crippen molar-refractivity contribution in [2.75, 3.05) is 46.9 Å². The van der Waals surface area contributed by atoms with Gasteiger partial charge >= 0.3 is 0 Å². The summed E-state index contributed by atoms with van der Waals surface area (Å²) in [6, 6.07) is 18.5. The van der Waals surface area contributed by atoms with Gasteiger partial charge in [0.25, 0.3) is 0 Å². The molecule has 0 amide bonds. The van der Waals surface area contributed by atoms with Gasteiger partial charge in [-0.05, 0) is 37.1 Å². The fraction of sp³-hybridized carbons (Fsp3) is 0.423. The van der Waals surface area contributed by atoms with Crippen molar-refractivity contribution in [3.63, 3.8) is 0 Å². The lowest BCUT2D eigenvalue weighted by atomic mass is 10.1. The van der Waals surface area contributed by atoms with Gasteiger partial charge in [0.15, 0.2) is 17.2 Å². The predicted octanol–water partition coefficient (Wildman–Crippen LogP) is 4.50. The standard InChI is InChI=1S/C26H33N3O3/c1-30-23-13-7-6-12-22(23)25-26(31-2)24(32-27-25)14-8-9-15-28-16-18-29(19-17-28)20-21-10-4-3-5-11-21/h3-7,10-13H,8-9,14-20H2,1-2H3. The zero-order chi connectivity index (χ0) is 22.2. The number of methoxy groups -OCH3 is 2. The molecule has 1 fully saturated rings.